The third kappa shape index (κ3) is 4.66. The van der Waals surface area contributed by atoms with Crippen molar-refractivity contribution in [1.82, 2.24) is 10.2 Å². The molecule has 116 valence electrons. The standard InChI is InChI=1S/C16H30N2OS/c1-3-15-12-18(10-11-20-15)13(2)16(19)17-14-8-6-4-5-7-9-14/h13-15H,3-12H2,1-2H3,(H,17,19). The van der Waals surface area contributed by atoms with Gasteiger partial charge in [0.1, 0.15) is 0 Å². The molecule has 1 saturated carbocycles. The van der Waals surface area contributed by atoms with Crippen LogP contribution in [0.5, 0.6) is 0 Å². The summed E-state index contributed by atoms with van der Waals surface area (Å²) in [5, 5.41) is 4.01. The predicted molar refractivity (Wildman–Crippen MR) is 87.2 cm³/mol. The number of nitrogens with zero attached hydrogens (tertiary/aromatic N) is 1. The molecule has 2 fully saturated rings. The molecule has 0 aromatic heterocycles. The van der Waals surface area contributed by atoms with Gasteiger partial charge in [-0.25, -0.2) is 0 Å². The molecule has 1 amide bonds. The lowest BCUT2D eigenvalue weighted by Gasteiger charge is -2.36. The molecular formula is C16H30N2OS. The summed E-state index contributed by atoms with van der Waals surface area (Å²) in [6.45, 7) is 6.45. The zero-order valence-electron chi connectivity index (χ0n) is 13.1. The molecule has 1 aliphatic heterocycles. The van der Waals surface area contributed by atoms with E-state index in [4.69, 9.17) is 0 Å². The van der Waals surface area contributed by atoms with Gasteiger partial charge in [0.25, 0.3) is 0 Å². The van der Waals surface area contributed by atoms with E-state index < -0.39 is 0 Å². The summed E-state index contributed by atoms with van der Waals surface area (Å²) in [5.74, 6) is 1.41. The largest absolute Gasteiger partial charge is 0.352 e. The summed E-state index contributed by atoms with van der Waals surface area (Å²) < 4.78 is 0. The van der Waals surface area contributed by atoms with Crippen LogP contribution in [0, 0.1) is 0 Å². The van der Waals surface area contributed by atoms with E-state index in [2.05, 4.69) is 35.8 Å². The normalized spacial score (nSPS) is 27.8. The maximum Gasteiger partial charge on any atom is 0.237 e. The summed E-state index contributed by atoms with van der Waals surface area (Å²) in [7, 11) is 0. The molecule has 1 aliphatic carbocycles. The lowest BCUT2D eigenvalue weighted by Crippen LogP contribution is -2.52. The van der Waals surface area contributed by atoms with Gasteiger partial charge < -0.3 is 5.32 Å². The summed E-state index contributed by atoms with van der Waals surface area (Å²) in [4.78, 5) is 14.8. The SMILES string of the molecule is CCC1CN(C(C)C(=O)NC2CCCCCC2)CCS1. The quantitative estimate of drug-likeness (QED) is 0.810. The number of amides is 1. The van der Waals surface area contributed by atoms with Crippen LogP contribution in [0.4, 0.5) is 0 Å². The molecule has 1 saturated heterocycles. The number of nitrogens with one attached hydrogen (secondary N) is 1. The highest BCUT2D eigenvalue weighted by Gasteiger charge is 2.28. The Bertz CT molecular complexity index is 303. The maximum atomic E-state index is 12.5. The highest BCUT2D eigenvalue weighted by atomic mass is 32.2. The molecule has 2 atom stereocenters. The number of hydrogen-bond donors (Lipinski definition) is 1. The van der Waals surface area contributed by atoms with Gasteiger partial charge in [0, 0.05) is 30.1 Å². The number of hydrogen-bond acceptors (Lipinski definition) is 3. The smallest absolute Gasteiger partial charge is 0.237 e. The van der Waals surface area contributed by atoms with Crippen molar-refractivity contribution in [3.63, 3.8) is 0 Å². The Kier molecular flexibility index (Phi) is 6.69. The molecule has 0 spiro atoms. The van der Waals surface area contributed by atoms with Crippen LogP contribution in [0.25, 0.3) is 0 Å². The Morgan fingerprint density at radius 1 is 1.30 bits per heavy atom. The highest BCUT2D eigenvalue weighted by Crippen LogP contribution is 2.23. The van der Waals surface area contributed by atoms with Crippen LogP contribution in [0.15, 0.2) is 0 Å². The van der Waals surface area contributed by atoms with Crippen molar-refractivity contribution in [1.29, 1.82) is 0 Å². The first kappa shape index (κ1) is 16.2. The number of thioether (sulfide) groups is 1. The number of carbonyl (C=O) groups excluding carboxylic acids is 1. The van der Waals surface area contributed by atoms with Gasteiger partial charge in [-0.15, -0.1) is 0 Å². The van der Waals surface area contributed by atoms with Gasteiger partial charge in [0.15, 0.2) is 0 Å². The van der Waals surface area contributed by atoms with Crippen molar-refractivity contribution in [3.8, 4) is 0 Å². The van der Waals surface area contributed by atoms with Crippen molar-refractivity contribution >= 4 is 17.7 Å². The third-order valence-corrected chi connectivity index (χ3v) is 6.13. The number of rotatable bonds is 4. The summed E-state index contributed by atoms with van der Waals surface area (Å²) >= 11 is 2.06. The molecule has 1 N–H and O–H groups in total. The Balaban J connectivity index is 1.81. The first-order chi connectivity index (χ1) is 9.70. The Morgan fingerprint density at radius 3 is 2.65 bits per heavy atom. The van der Waals surface area contributed by atoms with Crippen LogP contribution >= 0.6 is 11.8 Å². The van der Waals surface area contributed by atoms with Crippen molar-refractivity contribution in [2.24, 2.45) is 0 Å². The molecular weight excluding hydrogens is 268 g/mol. The van der Waals surface area contributed by atoms with Gasteiger partial charge in [0.2, 0.25) is 5.91 Å². The van der Waals surface area contributed by atoms with Crippen molar-refractivity contribution in [2.45, 2.75) is 76.1 Å². The monoisotopic (exact) mass is 298 g/mol. The van der Waals surface area contributed by atoms with Gasteiger partial charge >= 0.3 is 0 Å². The summed E-state index contributed by atoms with van der Waals surface area (Å²) in [6.07, 6.45) is 8.78. The Morgan fingerprint density at radius 2 is 2.00 bits per heavy atom. The maximum absolute atomic E-state index is 12.5. The second-order valence-corrected chi connectivity index (χ2v) is 7.68. The number of carbonyl (C=O) groups is 1. The zero-order valence-corrected chi connectivity index (χ0v) is 13.9. The Labute approximate surface area is 128 Å². The molecule has 4 heteroatoms. The Hall–Kier alpha value is -0.220. The summed E-state index contributed by atoms with van der Waals surface area (Å²) in [6, 6.07) is 0.460. The van der Waals surface area contributed by atoms with Crippen LogP contribution < -0.4 is 5.32 Å². The van der Waals surface area contributed by atoms with E-state index in [-0.39, 0.29) is 11.9 Å². The first-order valence-corrected chi connectivity index (χ1v) is 9.41. The molecule has 0 radical (unpaired) electrons. The van der Waals surface area contributed by atoms with Crippen LogP contribution in [0.3, 0.4) is 0 Å². The molecule has 20 heavy (non-hydrogen) atoms. The topological polar surface area (TPSA) is 32.3 Å². The molecule has 2 rings (SSSR count). The minimum atomic E-state index is 0.0354. The lowest BCUT2D eigenvalue weighted by molar-refractivity contribution is -0.126. The second kappa shape index (κ2) is 8.28. The molecule has 2 aliphatic rings. The lowest BCUT2D eigenvalue weighted by atomic mass is 10.1. The summed E-state index contributed by atoms with van der Waals surface area (Å²) in [5.41, 5.74) is 0. The van der Waals surface area contributed by atoms with Gasteiger partial charge in [-0.05, 0) is 26.2 Å². The molecule has 0 aromatic rings. The molecule has 1 heterocycles. The van der Waals surface area contributed by atoms with Gasteiger partial charge in [-0.3, -0.25) is 9.69 Å². The molecule has 0 aromatic carbocycles. The minimum absolute atomic E-state index is 0.0354. The van der Waals surface area contributed by atoms with Crippen LogP contribution in [-0.4, -0.2) is 47.0 Å². The van der Waals surface area contributed by atoms with Gasteiger partial charge in [0.05, 0.1) is 6.04 Å². The average Bonchev–Trinajstić information content (AvgIpc) is 2.75. The van der Waals surface area contributed by atoms with Crippen LogP contribution in [0.2, 0.25) is 0 Å². The van der Waals surface area contributed by atoms with E-state index >= 15 is 0 Å². The van der Waals surface area contributed by atoms with Gasteiger partial charge in [-0.2, -0.15) is 11.8 Å². The predicted octanol–water partition coefficient (Wildman–Crippen LogP) is 3.04. The van der Waals surface area contributed by atoms with E-state index in [1.165, 1.54) is 50.7 Å². The molecule has 2 unspecified atom stereocenters. The van der Waals surface area contributed by atoms with E-state index in [0.717, 1.165) is 13.1 Å². The fourth-order valence-corrected chi connectivity index (χ4v) is 4.46. The van der Waals surface area contributed by atoms with Crippen molar-refractivity contribution in [2.75, 3.05) is 18.8 Å². The third-order valence-electron chi connectivity index (χ3n) is 4.75. The van der Waals surface area contributed by atoms with E-state index in [1.807, 2.05) is 0 Å². The van der Waals surface area contributed by atoms with Gasteiger partial charge in [-0.1, -0.05) is 32.6 Å². The van der Waals surface area contributed by atoms with Crippen molar-refractivity contribution in [3.05, 3.63) is 0 Å². The second-order valence-electron chi connectivity index (χ2n) is 6.27. The van der Waals surface area contributed by atoms with E-state index in [1.54, 1.807) is 0 Å². The van der Waals surface area contributed by atoms with Crippen LogP contribution in [0.1, 0.15) is 58.8 Å². The minimum Gasteiger partial charge on any atom is -0.352 e. The fraction of sp³-hybridized carbons (Fsp3) is 0.938. The highest BCUT2D eigenvalue weighted by molar-refractivity contribution is 8.00. The average molecular weight is 298 g/mol. The van der Waals surface area contributed by atoms with E-state index in [9.17, 15) is 4.79 Å². The van der Waals surface area contributed by atoms with E-state index in [0.29, 0.717) is 11.3 Å². The first-order valence-electron chi connectivity index (χ1n) is 8.36. The molecule has 0 bridgehead atoms. The van der Waals surface area contributed by atoms with Crippen molar-refractivity contribution < 1.29 is 4.79 Å². The van der Waals surface area contributed by atoms with Crippen LogP contribution in [-0.2, 0) is 4.79 Å². The fourth-order valence-electron chi connectivity index (χ4n) is 3.25. The zero-order chi connectivity index (χ0) is 14.4. The molecule has 3 nitrogen and oxygen atoms in total.